The van der Waals surface area contributed by atoms with Crippen LogP contribution in [0.2, 0.25) is 0 Å². The Labute approximate surface area is 632 Å². The lowest BCUT2D eigenvalue weighted by atomic mass is 10.0. The minimum absolute atomic E-state index is 0.0134. The second-order valence-corrected chi connectivity index (χ2v) is 29.9. The van der Waals surface area contributed by atoms with E-state index >= 15 is 0 Å². The molecule has 0 spiro atoms. The zero-order valence-electron chi connectivity index (χ0n) is 65.4. The van der Waals surface area contributed by atoms with Gasteiger partial charge in [-0.05, 0) is 135 Å². The van der Waals surface area contributed by atoms with Gasteiger partial charge in [-0.25, -0.2) is 9.13 Å². The van der Waals surface area contributed by atoms with Crippen LogP contribution in [-0.2, 0) is 65.4 Å². The summed E-state index contributed by atoms with van der Waals surface area (Å²) in [4.78, 5) is 73.0. The van der Waals surface area contributed by atoms with Crippen LogP contribution >= 0.6 is 15.6 Å². The van der Waals surface area contributed by atoms with Crippen molar-refractivity contribution in [2.75, 3.05) is 39.6 Å². The number of aliphatic hydroxyl groups is 1. The highest BCUT2D eigenvalue weighted by molar-refractivity contribution is 7.47. The molecule has 2 unspecified atom stereocenters. The molecule has 0 aliphatic heterocycles. The molecule has 104 heavy (non-hydrogen) atoms. The third-order valence-electron chi connectivity index (χ3n) is 16.9. The fourth-order valence-electron chi connectivity index (χ4n) is 10.6. The topological polar surface area (TPSA) is 237 Å². The van der Waals surface area contributed by atoms with Crippen LogP contribution in [0.4, 0.5) is 0 Å². The van der Waals surface area contributed by atoms with Gasteiger partial charge < -0.3 is 33.8 Å². The van der Waals surface area contributed by atoms with Gasteiger partial charge in [0, 0.05) is 25.7 Å². The van der Waals surface area contributed by atoms with E-state index < -0.39 is 97.5 Å². The molecule has 0 amide bonds. The highest BCUT2D eigenvalue weighted by Gasteiger charge is 2.30. The molecule has 19 heteroatoms. The first-order valence-corrected chi connectivity index (χ1v) is 43.8. The molecule has 0 radical (unpaired) electrons. The zero-order chi connectivity index (χ0) is 76.0. The molecule has 0 heterocycles. The molecule has 0 fully saturated rings. The molecule has 0 bridgehead atoms. The number of phosphoric ester groups is 2. The van der Waals surface area contributed by atoms with Gasteiger partial charge in [0.25, 0.3) is 0 Å². The Morgan fingerprint density at radius 1 is 0.269 bits per heavy atom. The number of allylic oxidation sites excluding steroid dienone is 20. The van der Waals surface area contributed by atoms with Crippen LogP contribution in [0.25, 0.3) is 0 Å². The van der Waals surface area contributed by atoms with Crippen LogP contribution in [0.15, 0.2) is 122 Å². The van der Waals surface area contributed by atoms with Gasteiger partial charge in [-0.1, -0.05) is 297 Å². The number of ether oxygens (including phenoxy) is 4. The zero-order valence-corrected chi connectivity index (χ0v) is 67.2. The lowest BCUT2D eigenvalue weighted by molar-refractivity contribution is -0.161. The number of unbranched alkanes of at least 4 members (excludes halogenated alkanes) is 30. The first-order chi connectivity index (χ1) is 50.7. The van der Waals surface area contributed by atoms with Crippen molar-refractivity contribution in [2.45, 2.75) is 354 Å². The summed E-state index contributed by atoms with van der Waals surface area (Å²) in [6, 6.07) is 0. The van der Waals surface area contributed by atoms with Gasteiger partial charge in [-0.2, -0.15) is 0 Å². The molecule has 5 atom stereocenters. The van der Waals surface area contributed by atoms with Crippen molar-refractivity contribution in [3.63, 3.8) is 0 Å². The predicted molar refractivity (Wildman–Crippen MR) is 427 cm³/mol. The average molecular weight is 1500 g/mol. The molecule has 3 N–H and O–H groups in total. The highest BCUT2D eigenvalue weighted by atomic mass is 31.2. The molecule has 0 aromatic heterocycles. The minimum Gasteiger partial charge on any atom is -0.462 e. The van der Waals surface area contributed by atoms with Gasteiger partial charge in [0.1, 0.15) is 19.3 Å². The van der Waals surface area contributed by atoms with Crippen molar-refractivity contribution < 1.29 is 80.2 Å². The van der Waals surface area contributed by atoms with Crippen LogP contribution in [0, 0.1) is 0 Å². The summed E-state index contributed by atoms with van der Waals surface area (Å²) in [6.07, 6.45) is 84.7. The summed E-state index contributed by atoms with van der Waals surface area (Å²) in [5.41, 5.74) is 0. The fourth-order valence-corrected chi connectivity index (χ4v) is 12.2. The van der Waals surface area contributed by atoms with Gasteiger partial charge in [0.15, 0.2) is 12.2 Å². The Bertz CT molecular complexity index is 2440. The lowest BCUT2D eigenvalue weighted by Crippen LogP contribution is -2.30. The van der Waals surface area contributed by atoms with E-state index in [1.54, 1.807) is 0 Å². The molecule has 0 saturated heterocycles. The smallest absolute Gasteiger partial charge is 0.462 e. The SMILES string of the molecule is CCCCC/C=C\C/C=C\C/C=C\C/C=C\CCCC(=O)OC[C@H](COP(=O)(O)OC[C@H](O)COP(=O)(O)OC[C@@H](COC(=O)CCCCCCC/C=C\C/C=C\CCCCC)OC(=O)CCC/C=C\C/C=C\C/C=C\C/C=C\CCCCC)OC(=O)CCCCCCCCCCCCCCCCC. The van der Waals surface area contributed by atoms with Crippen LogP contribution in [-0.4, -0.2) is 96.7 Å². The van der Waals surface area contributed by atoms with Gasteiger partial charge in [0.05, 0.1) is 26.4 Å². The number of phosphoric acid groups is 2. The lowest BCUT2D eigenvalue weighted by Gasteiger charge is -2.21. The number of carbonyl (C=O) groups excluding carboxylic acids is 4. The van der Waals surface area contributed by atoms with E-state index in [2.05, 4.69) is 125 Å². The normalized spacial score (nSPS) is 14.5. The van der Waals surface area contributed by atoms with E-state index in [4.69, 9.17) is 37.0 Å². The van der Waals surface area contributed by atoms with E-state index in [1.807, 2.05) is 24.3 Å². The summed E-state index contributed by atoms with van der Waals surface area (Å²) >= 11 is 0. The average Bonchev–Trinajstić information content (AvgIpc) is 0.909. The maximum absolute atomic E-state index is 13.1. The monoisotopic (exact) mass is 1500 g/mol. The van der Waals surface area contributed by atoms with E-state index in [0.717, 1.165) is 122 Å². The van der Waals surface area contributed by atoms with E-state index in [-0.39, 0.29) is 25.7 Å². The number of rotatable bonds is 76. The Balaban J connectivity index is 5.47. The third-order valence-corrected chi connectivity index (χ3v) is 18.8. The van der Waals surface area contributed by atoms with E-state index in [0.29, 0.717) is 38.5 Å². The number of aliphatic hydroxyl groups excluding tert-OH is 1. The highest BCUT2D eigenvalue weighted by Crippen LogP contribution is 2.45. The molecule has 0 aromatic rings. The van der Waals surface area contributed by atoms with Gasteiger partial charge in [-0.15, -0.1) is 0 Å². The third kappa shape index (κ3) is 75.7. The summed E-state index contributed by atoms with van der Waals surface area (Å²) in [5.74, 6) is -2.31. The van der Waals surface area contributed by atoms with Crippen molar-refractivity contribution in [1.82, 2.24) is 0 Å². The Kier molecular flexibility index (Phi) is 73.3. The summed E-state index contributed by atoms with van der Waals surface area (Å²) < 4.78 is 68.5. The Morgan fingerprint density at radius 3 is 0.788 bits per heavy atom. The predicted octanol–water partition coefficient (Wildman–Crippen LogP) is 23.9. The number of hydrogen-bond donors (Lipinski definition) is 3. The molecule has 598 valence electrons. The van der Waals surface area contributed by atoms with Crippen molar-refractivity contribution in [3.05, 3.63) is 122 Å². The molecular formula is C85H146O17P2. The maximum atomic E-state index is 13.1. The van der Waals surface area contributed by atoms with Crippen LogP contribution in [0.1, 0.15) is 336 Å². The second-order valence-electron chi connectivity index (χ2n) is 27.0. The Hall–Kier alpha value is -4.54. The summed E-state index contributed by atoms with van der Waals surface area (Å²) in [5, 5.41) is 10.6. The molecule has 0 aliphatic carbocycles. The number of hydrogen-bond acceptors (Lipinski definition) is 15. The van der Waals surface area contributed by atoms with Crippen molar-refractivity contribution >= 4 is 39.5 Å². The first-order valence-electron chi connectivity index (χ1n) is 40.8. The van der Waals surface area contributed by atoms with Crippen molar-refractivity contribution in [2.24, 2.45) is 0 Å². The van der Waals surface area contributed by atoms with E-state index in [9.17, 15) is 43.2 Å². The molecule has 0 aliphatic rings. The molecule has 0 rings (SSSR count). The summed E-state index contributed by atoms with van der Waals surface area (Å²) in [6.45, 7) is 4.68. The fraction of sp³-hybridized carbons (Fsp3) is 0.718. The molecule has 0 aromatic carbocycles. The van der Waals surface area contributed by atoms with Gasteiger partial charge >= 0.3 is 39.5 Å². The Morgan fingerprint density at radius 2 is 0.481 bits per heavy atom. The molecular weight excluding hydrogens is 1350 g/mol. The van der Waals surface area contributed by atoms with E-state index in [1.165, 1.54) is 122 Å². The maximum Gasteiger partial charge on any atom is 0.472 e. The number of esters is 4. The largest absolute Gasteiger partial charge is 0.472 e. The van der Waals surface area contributed by atoms with Crippen molar-refractivity contribution in [1.29, 1.82) is 0 Å². The minimum atomic E-state index is -5.00. The van der Waals surface area contributed by atoms with Crippen molar-refractivity contribution in [3.8, 4) is 0 Å². The quantitative estimate of drug-likeness (QED) is 0.0169. The molecule has 0 saturated carbocycles. The van der Waals surface area contributed by atoms with Crippen LogP contribution in [0.5, 0.6) is 0 Å². The second kappa shape index (κ2) is 76.6. The van der Waals surface area contributed by atoms with Gasteiger partial charge in [-0.3, -0.25) is 37.3 Å². The first kappa shape index (κ1) is 99.5. The van der Waals surface area contributed by atoms with Crippen LogP contribution < -0.4 is 0 Å². The summed E-state index contributed by atoms with van der Waals surface area (Å²) in [7, 11) is -9.99. The molecule has 17 nitrogen and oxygen atoms in total. The number of carbonyl (C=O) groups is 4. The van der Waals surface area contributed by atoms with Crippen LogP contribution in [0.3, 0.4) is 0 Å². The standard InChI is InChI=1S/C85H146O17P2/c1-5-9-13-17-21-25-29-33-37-39-43-46-50-54-58-62-66-70-83(88)96-76-80(101-84(89)71-67-63-59-55-51-47-42-36-32-28-24-20-16-12-8-4)77-99-103(91,92)97-73-79(86)74-98-104(93,94)100-78-81(75-95-82(87)69-65-61-57-53-49-45-41-35-31-27-23-19-15-11-7-3)102-85(90)72-68-64-60-56-52-48-44-40-38-34-30-26-22-18-14-10-6-2/h21-23,25-27,33-35,37-38,41,43-44,46,48,54,56,58,60,79-81,86H,5-20,24,28-32,36,39-40,42,45,47,49-53,55,57,59,61-78H2,1-4H3,(H,91,92)(H,93,94)/b25-21-,26-22-,27-23-,37-33-,38-34-,41-35-,46-43-,48-44-,58-54-,60-56-/t79-,80+,81+/m0/s1. The van der Waals surface area contributed by atoms with Gasteiger partial charge in [0.2, 0.25) is 0 Å².